The van der Waals surface area contributed by atoms with Crippen molar-refractivity contribution in [3.05, 3.63) is 122 Å². The molecular weight excluding hydrogens is 903 g/mol. The van der Waals surface area contributed by atoms with Crippen molar-refractivity contribution in [2.24, 2.45) is 0 Å². The van der Waals surface area contributed by atoms with Gasteiger partial charge in [0.1, 0.15) is 16.6 Å². The van der Waals surface area contributed by atoms with E-state index in [0.717, 1.165) is 83.6 Å². The zero-order chi connectivity index (χ0) is 49.1. The van der Waals surface area contributed by atoms with E-state index in [-0.39, 0.29) is 12.1 Å². The van der Waals surface area contributed by atoms with Crippen LogP contribution >= 0.6 is 0 Å². The Morgan fingerprint density at radius 2 is 0.986 bits per heavy atom. The van der Waals surface area contributed by atoms with Crippen molar-refractivity contribution in [2.45, 2.75) is 76.5 Å². The third-order valence-electron chi connectivity index (χ3n) is 11.9. The van der Waals surface area contributed by atoms with E-state index in [0.29, 0.717) is 19.1 Å². The van der Waals surface area contributed by atoms with Gasteiger partial charge < -0.3 is 24.1 Å². The van der Waals surface area contributed by atoms with Crippen LogP contribution in [0.3, 0.4) is 0 Å². The predicted octanol–water partition coefficient (Wildman–Crippen LogP) is 11.2. The number of halogens is 6. The molecule has 0 aliphatic carbocycles. The first kappa shape index (κ1) is 48.3. The molecule has 0 saturated carbocycles. The van der Waals surface area contributed by atoms with Crippen LogP contribution in [-0.2, 0) is 14.3 Å². The first-order chi connectivity index (χ1) is 32.8. The van der Waals surface area contributed by atoms with Gasteiger partial charge in [-0.1, -0.05) is 72.8 Å². The largest absolute Gasteiger partial charge is 0.458 e. The Kier molecular flexibility index (Phi) is 13.8. The standard InChI is InChI=1S/C26H28N4O2.C21H20N4.C4F6O2/c1-26(2,3)32-25(31)29-14-12-21(13-15-29)30-17-27-23-11-10-22(28-24(23)30)20-9-8-18-6-4-5-7-19(18)16-20;1-2-4-16-13-17(6-5-15(16)3-1)19-7-8-20-21(24-19)25(14-23-20)18-9-11-22-12-10-18;5-3(6,7)1(11)2(12)4(8,9)10/h4-11,16-17,21H,12-15H2,1-3H3;1-8,13-14,18,22H,9-12H2;. The van der Waals surface area contributed by atoms with E-state index >= 15 is 0 Å². The number of hydrogen-bond acceptors (Lipinski definition) is 9. The van der Waals surface area contributed by atoms with Gasteiger partial charge in [0.2, 0.25) is 0 Å². The van der Waals surface area contributed by atoms with Crippen LogP contribution in [0.15, 0.2) is 122 Å². The highest BCUT2D eigenvalue weighted by Crippen LogP contribution is 2.31. The fraction of sp³-hybridized carbons (Fsp3) is 0.314. The Morgan fingerprint density at radius 1 is 0.565 bits per heavy atom. The van der Waals surface area contributed by atoms with Crippen molar-refractivity contribution in [3.8, 4) is 22.5 Å². The van der Waals surface area contributed by atoms with E-state index in [9.17, 15) is 40.7 Å². The monoisotopic (exact) mass is 950 g/mol. The molecule has 2 saturated heterocycles. The maximum atomic E-state index is 12.4. The van der Waals surface area contributed by atoms with Gasteiger partial charge in [-0.25, -0.2) is 24.7 Å². The van der Waals surface area contributed by atoms with E-state index in [1.54, 1.807) is 4.90 Å². The second kappa shape index (κ2) is 19.8. The minimum Gasteiger partial charge on any atom is -0.444 e. The molecule has 0 radical (unpaired) electrons. The molecule has 8 aromatic rings. The van der Waals surface area contributed by atoms with E-state index in [4.69, 9.17) is 14.7 Å². The maximum Gasteiger partial charge on any atom is 0.458 e. The summed E-state index contributed by atoms with van der Waals surface area (Å²) in [7, 11) is 0. The van der Waals surface area contributed by atoms with Gasteiger partial charge in [-0.15, -0.1) is 0 Å². The molecule has 0 spiro atoms. The average Bonchev–Trinajstić information content (AvgIpc) is 3.97. The zero-order valence-electron chi connectivity index (χ0n) is 37.9. The molecule has 2 aliphatic rings. The number of aromatic nitrogens is 6. The molecule has 2 aliphatic heterocycles. The molecule has 2 fully saturated rings. The second-order valence-electron chi connectivity index (χ2n) is 17.8. The number of hydrogen-bond donors (Lipinski definition) is 1. The summed E-state index contributed by atoms with van der Waals surface area (Å²) < 4.78 is 76.9. The Labute approximate surface area is 392 Å². The fourth-order valence-electron chi connectivity index (χ4n) is 8.37. The number of benzene rings is 4. The highest BCUT2D eigenvalue weighted by atomic mass is 19.4. The molecule has 69 heavy (non-hydrogen) atoms. The summed E-state index contributed by atoms with van der Waals surface area (Å²) in [6.07, 6.45) is -3.96. The SMILES string of the molecule is CC(C)(C)OC(=O)N1CCC(n2cnc3ccc(-c4ccc5ccccc5c4)nc32)CC1.O=C(C(=O)C(F)(F)F)C(F)(F)F.c1ccc2cc(-c3ccc4ncn(C5CCNCC5)c4n3)ccc2c1. The smallest absolute Gasteiger partial charge is 0.444 e. The van der Waals surface area contributed by atoms with Gasteiger partial charge >= 0.3 is 30.0 Å². The number of ether oxygens (including phenoxy) is 1. The number of alkyl halides is 6. The molecule has 10 rings (SSSR count). The van der Waals surface area contributed by atoms with Gasteiger partial charge in [-0.2, -0.15) is 26.3 Å². The first-order valence-corrected chi connectivity index (χ1v) is 22.4. The number of pyridine rings is 2. The third kappa shape index (κ3) is 11.4. The van der Waals surface area contributed by atoms with E-state index < -0.39 is 29.5 Å². The van der Waals surface area contributed by atoms with Crippen LogP contribution in [0.2, 0.25) is 0 Å². The second-order valence-corrected chi connectivity index (χ2v) is 17.8. The Hall–Kier alpha value is -7.21. The Morgan fingerprint density at radius 3 is 1.41 bits per heavy atom. The minimum absolute atomic E-state index is 0.233. The van der Waals surface area contributed by atoms with Crippen molar-refractivity contribution >= 4 is 61.5 Å². The molecule has 6 heterocycles. The summed E-state index contributed by atoms with van der Waals surface area (Å²) in [5, 5.41) is 8.35. The summed E-state index contributed by atoms with van der Waals surface area (Å²) >= 11 is 0. The van der Waals surface area contributed by atoms with Crippen molar-refractivity contribution < 1.29 is 45.5 Å². The Balaban J connectivity index is 0.000000154. The number of nitrogens with zero attached hydrogens (tertiary/aromatic N) is 7. The number of fused-ring (bicyclic) bond motifs is 4. The van der Waals surface area contributed by atoms with Gasteiger partial charge in [0, 0.05) is 36.3 Å². The van der Waals surface area contributed by atoms with Gasteiger partial charge in [0.15, 0.2) is 11.3 Å². The summed E-state index contributed by atoms with van der Waals surface area (Å²) in [6.45, 7) is 9.16. The predicted molar refractivity (Wildman–Crippen MR) is 250 cm³/mol. The lowest BCUT2D eigenvalue weighted by atomic mass is 10.0. The molecule has 18 heteroatoms. The number of nitrogens with one attached hydrogen (secondary N) is 1. The lowest BCUT2D eigenvalue weighted by Gasteiger charge is -2.33. The number of ketones is 2. The van der Waals surface area contributed by atoms with Crippen LogP contribution in [0.1, 0.15) is 58.5 Å². The number of rotatable bonds is 5. The molecule has 12 nitrogen and oxygen atoms in total. The highest BCUT2D eigenvalue weighted by molar-refractivity contribution is 6.41. The third-order valence-corrected chi connectivity index (χ3v) is 11.9. The first-order valence-electron chi connectivity index (χ1n) is 22.4. The molecule has 0 atom stereocenters. The van der Waals surface area contributed by atoms with Crippen molar-refractivity contribution in [3.63, 3.8) is 0 Å². The maximum absolute atomic E-state index is 12.4. The lowest BCUT2D eigenvalue weighted by molar-refractivity contribution is -0.193. The summed E-state index contributed by atoms with van der Waals surface area (Å²) in [5.41, 5.74) is 7.48. The van der Waals surface area contributed by atoms with Crippen LogP contribution in [0, 0.1) is 0 Å². The topological polar surface area (TPSA) is 137 Å². The van der Waals surface area contributed by atoms with Crippen molar-refractivity contribution in [1.29, 1.82) is 0 Å². The number of carbonyl (C=O) groups excluding carboxylic acids is 3. The van der Waals surface area contributed by atoms with Crippen LogP contribution < -0.4 is 5.32 Å². The number of piperidine rings is 2. The van der Waals surface area contributed by atoms with Crippen molar-refractivity contribution in [2.75, 3.05) is 26.2 Å². The number of carbonyl (C=O) groups is 3. The van der Waals surface area contributed by atoms with E-state index in [2.05, 4.69) is 121 Å². The molecular formula is C51H48F6N8O4. The molecule has 1 amide bonds. The quantitative estimate of drug-likeness (QED) is 0.132. The Bertz CT molecular complexity index is 3120. The summed E-state index contributed by atoms with van der Waals surface area (Å²) in [6, 6.07) is 38.8. The normalized spacial score (nSPS) is 15.1. The molecule has 4 aromatic heterocycles. The molecule has 358 valence electrons. The van der Waals surface area contributed by atoms with Crippen molar-refractivity contribution in [1.82, 2.24) is 39.3 Å². The summed E-state index contributed by atoms with van der Waals surface area (Å²) in [5.74, 6) is -6.81. The zero-order valence-corrected chi connectivity index (χ0v) is 37.9. The molecule has 4 aromatic carbocycles. The average molecular weight is 951 g/mol. The lowest BCUT2D eigenvalue weighted by Crippen LogP contribution is -2.42. The number of Topliss-reactive ketones (excluding diaryl/α,β-unsaturated/α-hetero) is 2. The molecule has 0 bridgehead atoms. The van der Waals surface area contributed by atoms with Crippen LogP contribution in [0.25, 0.3) is 66.4 Å². The number of amides is 1. The van der Waals surface area contributed by atoms with E-state index in [1.807, 2.05) is 45.6 Å². The van der Waals surface area contributed by atoms with E-state index in [1.165, 1.54) is 21.5 Å². The summed E-state index contributed by atoms with van der Waals surface area (Å²) in [4.78, 5) is 52.5. The van der Waals surface area contributed by atoms with Crippen LogP contribution in [-0.4, -0.2) is 95.8 Å². The molecule has 1 N–H and O–H groups in total. The van der Waals surface area contributed by atoms with Gasteiger partial charge in [0.05, 0.1) is 24.0 Å². The minimum atomic E-state index is -5.77. The number of imidazole rings is 2. The van der Waals surface area contributed by atoms with Gasteiger partial charge in [-0.3, -0.25) is 9.59 Å². The van der Waals surface area contributed by atoms with Gasteiger partial charge in [-0.05, 0) is 117 Å². The molecule has 0 unspecified atom stereocenters. The highest BCUT2D eigenvalue weighted by Gasteiger charge is 2.54. The number of likely N-dealkylation sites (tertiary alicyclic amines) is 1. The van der Waals surface area contributed by atoms with Crippen LogP contribution in [0.5, 0.6) is 0 Å². The van der Waals surface area contributed by atoms with Crippen LogP contribution in [0.4, 0.5) is 31.1 Å². The fourth-order valence-corrected chi connectivity index (χ4v) is 8.37. The van der Waals surface area contributed by atoms with Gasteiger partial charge in [0.25, 0.3) is 0 Å².